The van der Waals surface area contributed by atoms with E-state index in [1.54, 1.807) is 0 Å². The Balaban J connectivity index is -0.000000240. The van der Waals surface area contributed by atoms with Gasteiger partial charge in [-0.25, -0.2) is 13.7 Å². The normalized spacial score (nSPS) is 28.7. The van der Waals surface area contributed by atoms with Crippen LogP contribution in [-0.4, -0.2) is 259 Å². The number of rotatable bonds is 6. The summed E-state index contributed by atoms with van der Waals surface area (Å²) in [5, 5.41) is 29.3. The van der Waals surface area contributed by atoms with Crippen LogP contribution in [-0.2, 0) is 27.3 Å². The van der Waals surface area contributed by atoms with Crippen LogP contribution in [0.1, 0.15) is 0 Å². The molecule has 1 fully saturated rings. The van der Waals surface area contributed by atoms with Crippen molar-refractivity contribution in [3.8, 4) is 0 Å². The van der Waals surface area contributed by atoms with E-state index in [2.05, 4.69) is 13.6 Å². The molecule has 24 heteroatoms. The minimum atomic E-state index is -5.43. The molecule has 30 heavy (non-hydrogen) atoms. The molecule has 150 valence electrons. The molecular weight excluding hydrogens is 543 g/mol. The number of phosphoric acid groups is 3. The van der Waals surface area contributed by atoms with E-state index < -0.39 is 60.1 Å². The van der Waals surface area contributed by atoms with Gasteiger partial charge in [0.05, 0.1) is 0 Å². The first-order valence-electron chi connectivity index (χ1n) is 5.78. The molecule has 0 aliphatic heterocycles. The first-order valence-corrected chi connectivity index (χ1v) is 10.4. The van der Waals surface area contributed by atoms with Crippen molar-refractivity contribution in [2.45, 2.75) is 36.6 Å². The van der Waals surface area contributed by atoms with Crippen molar-refractivity contribution < 1.29 is 71.9 Å². The molecule has 0 aromatic carbocycles. The van der Waals surface area contributed by atoms with Gasteiger partial charge >= 0.3 is 23.5 Å². The summed E-state index contributed by atoms with van der Waals surface area (Å²) < 4.78 is 44.7. The third-order valence-corrected chi connectivity index (χ3v) is 4.35. The molecule has 0 aromatic rings. The summed E-state index contributed by atoms with van der Waals surface area (Å²) in [4.78, 5) is 52.4. The summed E-state index contributed by atoms with van der Waals surface area (Å²) in [5.74, 6) is 0. The molecule has 6 atom stereocenters. The smallest absolute Gasteiger partial charge is 0.387 e. The number of hydrogen-bond donors (Lipinski definition) is 9. The molecule has 0 aromatic heterocycles. The molecule has 1 rings (SSSR count). The van der Waals surface area contributed by atoms with Crippen LogP contribution < -0.4 is 0 Å². The fourth-order valence-corrected chi connectivity index (χ4v) is 3.70. The minimum Gasteiger partial charge on any atom is -0.387 e. The molecular formula is C6H15Na6O15P3. The van der Waals surface area contributed by atoms with E-state index >= 15 is 0 Å². The predicted octanol–water partition coefficient (Wildman–Crippen LogP) is -5.77. The molecule has 1 saturated carbocycles. The van der Waals surface area contributed by atoms with Crippen molar-refractivity contribution >= 4 is 201 Å². The Hall–Kier alpha value is 6.21. The van der Waals surface area contributed by atoms with Gasteiger partial charge in [0.1, 0.15) is 36.6 Å². The van der Waals surface area contributed by atoms with Gasteiger partial charge < -0.3 is 44.7 Å². The van der Waals surface area contributed by atoms with Crippen LogP contribution in [0.5, 0.6) is 0 Å². The van der Waals surface area contributed by atoms with Gasteiger partial charge in [0.2, 0.25) is 0 Å². The first-order chi connectivity index (χ1) is 10.5. The molecule has 1 aliphatic carbocycles. The van der Waals surface area contributed by atoms with Gasteiger partial charge in [0.25, 0.3) is 0 Å². The zero-order chi connectivity index (χ0) is 19.1. The molecule has 0 spiro atoms. The molecule has 15 nitrogen and oxygen atoms in total. The van der Waals surface area contributed by atoms with E-state index in [-0.39, 0.29) is 177 Å². The summed E-state index contributed by atoms with van der Waals surface area (Å²) in [6, 6.07) is 0. The van der Waals surface area contributed by atoms with E-state index in [0.717, 1.165) is 0 Å². The number of hydrogen-bond acceptors (Lipinski definition) is 9. The van der Waals surface area contributed by atoms with Crippen LogP contribution in [0.4, 0.5) is 0 Å². The van der Waals surface area contributed by atoms with Gasteiger partial charge in [-0.1, -0.05) is 0 Å². The van der Waals surface area contributed by atoms with Gasteiger partial charge in [-0.05, 0) is 0 Å². The van der Waals surface area contributed by atoms with Crippen LogP contribution in [0.25, 0.3) is 0 Å². The van der Waals surface area contributed by atoms with Crippen molar-refractivity contribution in [2.75, 3.05) is 0 Å². The van der Waals surface area contributed by atoms with Gasteiger partial charge in [-0.15, -0.1) is 0 Å². The summed E-state index contributed by atoms with van der Waals surface area (Å²) >= 11 is 0. The monoisotopic (exact) mass is 558 g/mol. The van der Waals surface area contributed by atoms with Crippen molar-refractivity contribution in [3.05, 3.63) is 0 Å². The Labute approximate surface area is 303 Å². The number of aliphatic hydroxyl groups is 3. The summed E-state index contributed by atoms with van der Waals surface area (Å²) in [6.45, 7) is 0. The summed E-state index contributed by atoms with van der Waals surface area (Å²) in [5.41, 5.74) is 0. The van der Waals surface area contributed by atoms with Crippen LogP contribution in [0.15, 0.2) is 0 Å². The average Bonchev–Trinajstić information content (AvgIpc) is 2.32. The maximum absolute atomic E-state index is 10.9. The maximum atomic E-state index is 10.9. The fraction of sp³-hybridized carbons (Fsp3) is 1.00. The SMILES string of the molecule is O=P(O)(O)O[C@@H]1[C@H](O)[C@H](O)[C@@H](OP(=O)(O)O)[C@H](OP(=O)(O)O)[C@H]1O.[Na].[Na].[Na].[Na].[Na].[Na]. The Kier molecular flexibility index (Phi) is 33.1. The summed E-state index contributed by atoms with van der Waals surface area (Å²) in [6.07, 6.45) is -14.3. The molecule has 1 aliphatic rings. The van der Waals surface area contributed by atoms with E-state index in [1.807, 2.05) is 0 Å². The zero-order valence-electron chi connectivity index (χ0n) is 17.3. The second-order valence-electron chi connectivity index (χ2n) is 4.65. The second kappa shape index (κ2) is 20.2. The first kappa shape index (κ1) is 49.2. The zero-order valence-corrected chi connectivity index (χ0v) is 32.0. The van der Waals surface area contributed by atoms with Crippen molar-refractivity contribution in [2.24, 2.45) is 0 Å². The topological polar surface area (TPSA) is 261 Å². The Morgan fingerprint density at radius 3 is 0.900 bits per heavy atom. The maximum Gasteiger partial charge on any atom is 0.470 e. The van der Waals surface area contributed by atoms with Gasteiger partial charge in [-0.2, -0.15) is 0 Å². The van der Waals surface area contributed by atoms with E-state index in [4.69, 9.17) is 29.4 Å². The van der Waals surface area contributed by atoms with Crippen molar-refractivity contribution in [1.82, 2.24) is 0 Å². The van der Waals surface area contributed by atoms with E-state index in [0.29, 0.717) is 0 Å². The quantitative estimate of drug-likeness (QED) is 0.109. The molecule has 0 saturated heterocycles. The van der Waals surface area contributed by atoms with Crippen LogP contribution in [0.3, 0.4) is 0 Å². The largest absolute Gasteiger partial charge is 0.470 e. The predicted molar refractivity (Wildman–Crippen MR) is 103 cm³/mol. The summed E-state index contributed by atoms with van der Waals surface area (Å²) in [7, 11) is -16.2. The third-order valence-electron chi connectivity index (χ3n) is 2.80. The van der Waals surface area contributed by atoms with Crippen LogP contribution in [0, 0.1) is 0 Å². The second-order valence-corrected chi connectivity index (χ2v) is 8.23. The Morgan fingerprint density at radius 2 is 0.633 bits per heavy atom. The van der Waals surface area contributed by atoms with Gasteiger partial charge in [0.15, 0.2) is 0 Å². The van der Waals surface area contributed by atoms with Crippen molar-refractivity contribution in [3.63, 3.8) is 0 Å². The molecule has 0 heterocycles. The Morgan fingerprint density at radius 1 is 0.433 bits per heavy atom. The molecule has 9 N–H and O–H groups in total. The van der Waals surface area contributed by atoms with E-state index in [9.17, 15) is 29.0 Å². The standard InChI is InChI=1S/C6H15O15P3.6Na/c7-1-2(8)5(20-23(13,14)15)6(21-24(16,17)18)3(9)4(1)19-22(10,11)12;;;;;;/h1-9H,(H2,10,11,12)(H2,13,14,15)(H2,16,17,18);;;;;;/t1-,2+,3+,4-,5-,6-;;;;;;/m1....../s1. The fourth-order valence-electron chi connectivity index (χ4n) is 2.01. The molecule has 0 unspecified atom stereocenters. The van der Waals surface area contributed by atoms with Crippen LogP contribution in [0.2, 0.25) is 0 Å². The van der Waals surface area contributed by atoms with Gasteiger partial charge in [-0.3, -0.25) is 13.6 Å². The molecule has 6 radical (unpaired) electrons. The van der Waals surface area contributed by atoms with Crippen LogP contribution >= 0.6 is 23.5 Å². The third kappa shape index (κ3) is 18.5. The van der Waals surface area contributed by atoms with E-state index in [1.165, 1.54) is 0 Å². The Bertz CT molecular complexity index is 595. The number of phosphoric ester groups is 3. The van der Waals surface area contributed by atoms with Gasteiger partial charge in [0, 0.05) is 177 Å². The average molecular weight is 558 g/mol. The molecule has 0 bridgehead atoms. The molecule has 0 amide bonds. The number of aliphatic hydroxyl groups excluding tert-OH is 3. The van der Waals surface area contributed by atoms with Crippen molar-refractivity contribution in [1.29, 1.82) is 0 Å². The minimum absolute atomic E-state index is 0.